The Morgan fingerprint density at radius 2 is 1.74 bits per heavy atom. The fourth-order valence-electron chi connectivity index (χ4n) is 3.59. The van der Waals surface area contributed by atoms with Crippen LogP contribution in [-0.2, 0) is 6.42 Å². The standard InChI is InChI=1S/C20H22O3/c21-18(15-7-3-1-4-8-15)13-16-9-10-17-14-19(16)23-20(22-17)11-5-2-6-12-20/h1,3-4,7-10,14,18,21H,2,5-6,11-13H2. The molecule has 4 rings (SSSR count). The van der Waals surface area contributed by atoms with Gasteiger partial charge >= 0.3 is 0 Å². The van der Waals surface area contributed by atoms with Crippen LogP contribution in [0.15, 0.2) is 48.5 Å². The summed E-state index contributed by atoms with van der Waals surface area (Å²) in [5, 5.41) is 10.5. The molecule has 0 amide bonds. The first-order chi connectivity index (χ1) is 11.2. The number of fused-ring (bicyclic) bond motifs is 2. The summed E-state index contributed by atoms with van der Waals surface area (Å²) >= 11 is 0. The summed E-state index contributed by atoms with van der Waals surface area (Å²) < 4.78 is 12.3. The minimum absolute atomic E-state index is 0.481. The summed E-state index contributed by atoms with van der Waals surface area (Å²) in [5.41, 5.74) is 1.97. The van der Waals surface area contributed by atoms with Crippen molar-refractivity contribution in [1.29, 1.82) is 0 Å². The number of hydrogen-bond acceptors (Lipinski definition) is 3. The second-order valence-corrected chi connectivity index (χ2v) is 6.58. The van der Waals surface area contributed by atoms with Gasteiger partial charge in [-0.2, -0.15) is 0 Å². The van der Waals surface area contributed by atoms with E-state index in [2.05, 4.69) is 0 Å². The highest BCUT2D eigenvalue weighted by atomic mass is 16.7. The lowest BCUT2D eigenvalue weighted by molar-refractivity contribution is -0.145. The summed E-state index contributed by atoms with van der Waals surface area (Å²) in [7, 11) is 0. The van der Waals surface area contributed by atoms with Gasteiger partial charge in [-0.1, -0.05) is 42.8 Å². The maximum atomic E-state index is 10.5. The highest BCUT2D eigenvalue weighted by Crippen LogP contribution is 2.42. The molecule has 1 spiro atoms. The van der Waals surface area contributed by atoms with E-state index in [1.54, 1.807) is 0 Å². The van der Waals surface area contributed by atoms with Gasteiger partial charge in [-0.25, -0.2) is 0 Å². The third kappa shape index (κ3) is 2.93. The van der Waals surface area contributed by atoms with Crippen LogP contribution in [0.4, 0.5) is 0 Å². The first-order valence-corrected chi connectivity index (χ1v) is 8.48. The molecule has 2 aromatic rings. The molecule has 2 aromatic carbocycles. The summed E-state index contributed by atoms with van der Waals surface area (Å²) in [4.78, 5) is 0. The van der Waals surface area contributed by atoms with Crippen molar-refractivity contribution < 1.29 is 14.6 Å². The zero-order chi connectivity index (χ0) is 15.7. The van der Waals surface area contributed by atoms with Crippen molar-refractivity contribution in [3.63, 3.8) is 0 Å². The lowest BCUT2D eigenvalue weighted by Gasteiger charge is -2.41. The molecular weight excluding hydrogens is 288 g/mol. The first-order valence-electron chi connectivity index (χ1n) is 8.48. The van der Waals surface area contributed by atoms with Gasteiger partial charge in [-0.05, 0) is 30.0 Å². The van der Waals surface area contributed by atoms with Crippen molar-refractivity contribution in [1.82, 2.24) is 0 Å². The molecule has 2 aliphatic rings. The smallest absolute Gasteiger partial charge is 0.251 e. The summed E-state index contributed by atoms with van der Waals surface area (Å²) in [6, 6.07) is 15.7. The topological polar surface area (TPSA) is 38.7 Å². The Labute approximate surface area is 136 Å². The van der Waals surface area contributed by atoms with E-state index in [-0.39, 0.29) is 0 Å². The van der Waals surface area contributed by atoms with Crippen LogP contribution in [0.5, 0.6) is 11.5 Å². The molecule has 2 bridgehead atoms. The van der Waals surface area contributed by atoms with Crippen molar-refractivity contribution in [2.45, 2.75) is 50.4 Å². The van der Waals surface area contributed by atoms with Crippen LogP contribution in [-0.4, -0.2) is 10.9 Å². The minimum Gasteiger partial charge on any atom is -0.452 e. The Kier molecular flexibility index (Phi) is 3.74. The van der Waals surface area contributed by atoms with Crippen LogP contribution in [0.2, 0.25) is 0 Å². The predicted octanol–water partition coefficient (Wildman–Crippen LogP) is 4.39. The van der Waals surface area contributed by atoms with Gasteiger partial charge in [0, 0.05) is 25.3 Å². The fourth-order valence-corrected chi connectivity index (χ4v) is 3.59. The number of aliphatic hydroxyl groups excluding tert-OH is 1. The van der Waals surface area contributed by atoms with Crippen molar-refractivity contribution in [2.75, 3.05) is 0 Å². The molecular formula is C20H22O3. The molecule has 1 atom stereocenters. The second kappa shape index (κ2) is 5.89. The molecule has 1 N–H and O–H groups in total. The van der Waals surface area contributed by atoms with E-state index in [1.807, 2.05) is 48.5 Å². The van der Waals surface area contributed by atoms with Gasteiger partial charge in [-0.3, -0.25) is 0 Å². The van der Waals surface area contributed by atoms with Gasteiger partial charge in [0.25, 0.3) is 5.79 Å². The van der Waals surface area contributed by atoms with E-state index >= 15 is 0 Å². The van der Waals surface area contributed by atoms with E-state index < -0.39 is 11.9 Å². The summed E-state index contributed by atoms with van der Waals surface area (Å²) in [6.45, 7) is 0. The van der Waals surface area contributed by atoms with Crippen LogP contribution >= 0.6 is 0 Å². The molecule has 0 aromatic heterocycles. The van der Waals surface area contributed by atoms with Crippen molar-refractivity contribution in [2.24, 2.45) is 0 Å². The quantitative estimate of drug-likeness (QED) is 0.913. The molecule has 1 heterocycles. The Morgan fingerprint density at radius 3 is 2.52 bits per heavy atom. The van der Waals surface area contributed by atoms with E-state index in [9.17, 15) is 5.11 Å². The third-order valence-electron chi connectivity index (χ3n) is 4.85. The molecule has 23 heavy (non-hydrogen) atoms. The number of rotatable bonds is 3. The van der Waals surface area contributed by atoms with Crippen molar-refractivity contribution in [3.05, 3.63) is 59.7 Å². The molecule has 120 valence electrons. The molecule has 1 aliphatic carbocycles. The van der Waals surface area contributed by atoms with Gasteiger partial charge in [0.15, 0.2) is 0 Å². The Bertz CT molecular complexity index is 675. The van der Waals surface area contributed by atoms with Crippen LogP contribution in [0, 0.1) is 0 Å². The highest BCUT2D eigenvalue weighted by Gasteiger charge is 2.39. The zero-order valence-electron chi connectivity index (χ0n) is 13.2. The van der Waals surface area contributed by atoms with Crippen molar-refractivity contribution in [3.8, 4) is 11.5 Å². The number of benzene rings is 2. The molecule has 3 nitrogen and oxygen atoms in total. The average molecular weight is 310 g/mol. The molecule has 0 radical (unpaired) electrons. The minimum atomic E-state index is -0.521. The van der Waals surface area contributed by atoms with E-state index in [0.717, 1.165) is 48.3 Å². The van der Waals surface area contributed by atoms with Crippen molar-refractivity contribution >= 4 is 0 Å². The molecule has 0 saturated heterocycles. The van der Waals surface area contributed by atoms with E-state index in [1.165, 1.54) is 6.42 Å². The monoisotopic (exact) mass is 310 g/mol. The number of hydrogen-bond donors (Lipinski definition) is 1. The normalized spacial score (nSPS) is 19.7. The van der Waals surface area contributed by atoms with Crippen LogP contribution in [0.1, 0.15) is 49.3 Å². The van der Waals surface area contributed by atoms with Gasteiger partial charge in [0.05, 0.1) is 6.10 Å². The number of ether oxygens (including phenoxy) is 2. The maximum absolute atomic E-state index is 10.5. The molecule has 1 unspecified atom stereocenters. The third-order valence-corrected chi connectivity index (χ3v) is 4.85. The Hall–Kier alpha value is -2.00. The summed E-state index contributed by atoms with van der Waals surface area (Å²) in [5.74, 6) is 1.27. The van der Waals surface area contributed by atoms with E-state index in [0.29, 0.717) is 6.42 Å². The fraction of sp³-hybridized carbons (Fsp3) is 0.400. The first kappa shape index (κ1) is 14.6. The predicted molar refractivity (Wildman–Crippen MR) is 88.6 cm³/mol. The van der Waals surface area contributed by atoms with Gasteiger partial charge < -0.3 is 14.6 Å². The lowest BCUT2D eigenvalue weighted by Crippen LogP contribution is -2.46. The van der Waals surface area contributed by atoms with Crippen LogP contribution in [0.3, 0.4) is 0 Å². The zero-order valence-corrected chi connectivity index (χ0v) is 13.2. The summed E-state index contributed by atoms with van der Waals surface area (Å²) in [6.07, 6.45) is 5.45. The second-order valence-electron chi connectivity index (χ2n) is 6.58. The maximum Gasteiger partial charge on any atom is 0.251 e. The Balaban J connectivity index is 1.56. The molecule has 1 aliphatic heterocycles. The average Bonchev–Trinajstić information content (AvgIpc) is 2.58. The van der Waals surface area contributed by atoms with Gasteiger partial charge in [-0.15, -0.1) is 0 Å². The lowest BCUT2D eigenvalue weighted by atomic mass is 9.92. The number of aliphatic hydroxyl groups is 1. The highest BCUT2D eigenvalue weighted by molar-refractivity contribution is 5.44. The van der Waals surface area contributed by atoms with Gasteiger partial charge in [0.1, 0.15) is 11.5 Å². The molecule has 1 saturated carbocycles. The largest absolute Gasteiger partial charge is 0.452 e. The van der Waals surface area contributed by atoms with Crippen LogP contribution in [0.25, 0.3) is 0 Å². The molecule has 1 fully saturated rings. The Morgan fingerprint density at radius 1 is 0.957 bits per heavy atom. The van der Waals surface area contributed by atoms with E-state index in [4.69, 9.17) is 9.47 Å². The van der Waals surface area contributed by atoms with Gasteiger partial charge in [0.2, 0.25) is 0 Å². The van der Waals surface area contributed by atoms with Crippen LogP contribution < -0.4 is 9.47 Å². The molecule has 3 heteroatoms. The SMILES string of the molecule is OC(Cc1ccc2cc1OC1(CCCCC1)O2)c1ccccc1.